The minimum atomic E-state index is -0.460. The minimum Gasteiger partial charge on any atom is -0.468 e. The molecule has 4 heteroatoms. The van der Waals surface area contributed by atoms with Gasteiger partial charge in [0.2, 0.25) is 0 Å². The molecule has 2 fully saturated rings. The van der Waals surface area contributed by atoms with Gasteiger partial charge >= 0.3 is 5.97 Å². The van der Waals surface area contributed by atoms with E-state index < -0.39 is 5.54 Å². The average molecular weight is 268 g/mol. The first kappa shape index (κ1) is 14.8. The van der Waals surface area contributed by atoms with Gasteiger partial charge in [0.1, 0.15) is 5.54 Å². The van der Waals surface area contributed by atoms with Crippen molar-refractivity contribution >= 4 is 5.97 Å². The molecule has 1 aliphatic carbocycles. The molecular weight excluding hydrogens is 240 g/mol. The number of carbonyl (C=O) groups is 1. The van der Waals surface area contributed by atoms with E-state index >= 15 is 0 Å². The van der Waals surface area contributed by atoms with Crippen LogP contribution in [0.1, 0.15) is 45.4 Å². The highest BCUT2D eigenvalue weighted by Crippen LogP contribution is 2.33. The third-order valence-corrected chi connectivity index (χ3v) is 4.98. The summed E-state index contributed by atoms with van der Waals surface area (Å²) >= 11 is 0. The zero-order valence-electron chi connectivity index (χ0n) is 12.6. The second-order valence-electron chi connectivity index (χ2n) is 6.32. The molecule has 3 unspecified atom stereocenters. The first-order valence-corrected chi connectivity index (χ1v) is 7.62. The number of methoxy groups -OCH3 is 1. The summed E-state index contributed by atoms with van der Waals surface area (Å²) in [5.41, 5.74) is -0.460. The largest absolute Gasteiger partial charge is 0.468 e. The number of nitrogens with zero attached hydrogens (tertiary/aromatic N) is 1. The summed E-state index contributed by atoms with van der Waals surface area (Å²) in [6, 6.07) is 0.531. The van der Waals surface area contributed by atoms with Crippen LogP contribution >= 0.6 is 0 Å². The molecule has 0 radical (unpaired) electrons. The number of nitrogens with one attached hydrogen (secondary N) is 1. The summed E-state index contributed by atoms with van der Waals surface area (Å²) in [5.74, 6) is 0.697. The quantitative estimate of drug-likeness (QED) is 0.792. The molecule has 0 aromatic carbocycles. The van der Waals surface area contributed by atoms with Crippen LogP contribution in [0.15, 0.2) is 0 Å². The first-order chi connectivity index (χ1) is 9.11. The summed E-state index contributed by atoms with van der Waals surface area (Å²) in [6.45, 7) is 4.71. The number of ether oxygens (including phenoxy) is 1. The van der Waals surface area contributed by atoms with Gasteiger partial charge in [0.25, 0.3) is 0 Å². The number of likely N-dealkylation sites (N-methyl/N-ethyl adjacent to an activating group) is 1. The zero-order valence-corrected chi connectivity index (χ0v) is 12.6. The molecule has 0 aromatic heterocycles. The number of piperidine rings is 1. The van der Waals surface area contributed by atoms with Crippen molar-refractivity contribution in [3.63, 3.8) is 0 Å². The third kappa shape index (κ3) is 3.11. The van der Waals surface area contributed by atoms with Crippen LogP contribution in [-0.4, -0.2) is 49.7 Å². The third-order valence-electron chi connectivity index (χ3n) is 4.98. The van der Waals surface area contributed by atoms with Crippen LogP contribution in [-0.2, 0) is 9.53 Å². The highest BCUT2D eigenvalue weighted by molar-refractivity contribution is 5.81. The molecule has 1 aliphatic heterocycles. The van der Waals surface area contributed by atoms with Crippen LogP contribution in [0, 0.1) is 5.92 Å². The summed E-state index contributed by atoms with van der Waals surface area (Å²) in [4.78, 5) is 14.7. The van der Waals surface area contributed by atoms with Gasteiger partial charge in [0.05, 0.1) is 7.11 Å². The SMILES string of the molecule is CNC1(C(=O)OC)CCCC(N2CCCC(C)C2)C1. The smallest absolute Gasteiger partial charge is 0.326 e. The van der Waals surface area contributed by atoms with E-state index in [1.807, 2.05) is 7.05 Å². The Morgan fingerprint density at radius 1 is 1.37 bits per heavy atom. The van der Waals surface area contributed by atoms with Crippen LogP contribution in [0.3, 0.4) is 0 Å². The first-order valence-electron chi connectivity index (χ1n) is 7.62. The molecule has 1 saturated carbocycles. The van der Waals surface area contributed by atoms with E-state index in [1.54, 1.807) is 0 Å². The number of carbonyl (C=O) groups excluding carboxylic acids is 1. The van der Waals surface area contributed by atoms with Crippen LogP contribution in [0.25, 0.3) is 0 Å². The lowest BCUT2D eigenvalue weighted by Crippen LogP contribution is -2.58. The Morgan fingerprint density at radius 2 is 2.16 bits per heavy atom. The monoisotopic (exact) mass is 268 g/mol. The Balaban J connectivity index is 2.05. The fourth-order valence-electron chi connectivity index (χ4n) is 3.82. The number of rotatable bonds is 3. The van der Waals surface area contributed by atoms with Crippen LogP contribution in [0.5, 0.6) is 0 Å². The molecular formula is C15H28N2O2. The van der Waals surface area contributed by atoms with E-state index in [2.05, 4.69) is 17.1 Å². The highest BCUT2D eigenvalue weighted by Gasteiger charge is 2.44. The van der Waals surface area contributed by atoms with Gasteiger partial charge in [-0.3, -0.25) is 4.79 Å². The maximum absolute atomic E-state index is 12.1. The molecule has 4 nitrogen and oxygen atoms in total. The predicted molar refractivity (Wildman–Crippen MR) is 76.0 cm³/mol. The molecule has 2 aliphatic rings. The zero-order chi connectivity index (χ0) is 13.9. The normalized spacial score (nSPS) is 37.0. The molecule has 1 N–H and O–H groups in total. The highest BCUT2D eigenvalue weighted by atomic mass is 16.5. The van der Waals surface area contributed by atoms with Gasteiger partial charge in [0.15, 0.2) is 0 Å². The Kier molecular flexibility index (Phi) is 4.85. The van der Waals surface area contributed by atoms with Crippen LogP contribution in [0.4, 0.5) is 0 Å². The lowest BCUT2D eigenvalue weighted by Gasteiger charge is -2.45. The molecule has 0 aromatic rings. The van der Waals surface area contributed by atoms with Crippen molar-refractivity contribution in [2.75, 3.05) is 27.2 Å². The summed E-state index contributed by atoms with van der Waals surface area (Å²) in [5, 5.41) is 3.25. The van der Waals surface area contributed by atoms with Gasteiger partial charge in [-0.15, -0.1) is 0 Å². The molecule has 0 amide bonds. The van der Waals surface area contributed by atoms with Gasteiger partial charge < -0.3 is 15.0 Å². The van der Waals surface area contributed by atoms with Crippen molar-refractivity contribution in [2.24, 2.45) is 5.92 Å². The number of esters is 1. The van der Waals surface area contributed by atoms with Gasteiger partial charge in [-0.25, -0.2) is 0 Å². The molecule has 110 valence electrons. The summed E-state index contributed by atoms with van der Waals surface area (Å²) in [7, 11) is 3.38. The Bertz CT molecular complexity index is 321. The van der Waals surface area contributed by atoms with Crippen molar-refractivity contribution in [3.05, 3.63) is 0 Å². The number of hydrogen-bond acceptors (Lipinski definition) is 4. The second kappa shape index (κ2) is 6.23. The van der Waals surface area contributed by atoms with Gasteiger partial charge in [-0.2, -0.15) is 0 Å². The second-order valence-corrected chi connectivity index (χ2v) is 6.32. The molecule has 0 bridgehead atoms. The van der Waals surface area contributed by atoms with Crippen molar-refractivity contribution in [1.29, 1.82) is 0 Å². The minimum absolute atomic E-state index is 0.0928. The van der Waals surface area contributed by atoms with E-state index in [9.17, 15) is 4.79 Å². The fraction of sp³-hybridized carbons (Fsp3) is 0.933. The van der Waals surface area contributed by atoms with Crippen LogP contribution < -0.4 is 5.32 Å². The van der Waals surface area contributed by atoms with Gasteiger partial charge in [-0.05, 0) is 58.0 Å². The summed E-state index contributed by atoms with van der Waals surface area (Å²) in [6.07, 6.45) is 6.75. The maximum atomic E-state index is 12.1. The molecule has 3 atom stereocenters. The lowest BCUT2D eigenvalue weighted by atomic mass is 9.77. The van der Waals surface area contributed by atoms with Crippen molar-refractivity contribution in [1.82, 2.24) is 10.2 Å². The Morgan fingerprint density at radius 3 is 2.79 bits per heavy atom. The maximum Gasteiger partial charge on any atom is 0.326 e. The molecule has 1 heterocycles. The van der Waals surface area contributed by atoms with E-state index in [4.69, 9.17) is 4.74 Å². The van der Waals surface area contributed by atoms with Gasteiger partial charge in [0, 0.05) is 12.6 Å². The van der Waals surface area contributed by atoms with Gasteiger partial charge in [-0.1, -0.05) is 6.92 Å². The molecule has 0 spiro atoms. The lowest BCUT2D eigenvalue weighted by molar-refractivity contribution is -0.151. The summed E-state index contributed by atoms with van der Waals surface area (Å²) < 4.78 is 5.02. The van der Waals surface area contributed by atoms with Crippen LogP contribution in [0.2, 0.25) is 0 Å². The number of hydrogen-bond donors (Lipinski definition) is 1. The topological polar surface area (TPSA) is 41.6 Å². The van der Waals surface area contributed by atoms with Crippen molar-refractivity contribution < 1.29 is 9.53 Å². The van der Waals surface area contributed by atoms with Crippen molar-refractivity contribution in [3.8, 4) is 0 Å². The van der Waals surface area contributed by atoms with E-state index in [0.29, 0.717) is 6.04 Å². The molecule has 1 saturated heterocycles. The standard InChI is InChI=1S/C15H28N2O2/c1-12-6-5-9-17(11-12)13-7-4-8-15(10-13,16-2)14(18)19-3/h12-13,16H,4-11H2,1-3H3. The Hall–Kier alpha value is -0.610. The van der Waals surface area contributed by atoms with E-state index in [-0.39, 0.29) is 5.97 Å². The number of likely N-dealkylation sites (tertiary alicyclic amines) is 1. The average Bonchev–Trinajstić information content (AvgIpc) is 2.46. The van der Waals surface area contributed by atoms with Crippen molar-refractivity contribution in [2.45, 2.75) is 57.0 Å². The molecule has 2 rings (SSSR count). The predicted octanol–water partition coefficient (Wildman–Crippen LogP) is 1.79. The van der Waals surface area contributed by atoms with E-state index in [0.717, 1.165) is 25.2 Å². The Labute approximate surface area is 116 Å². The van der Waals surface area contributed by atoms with E-state index in [1.165, 1.54) is 39.5 Å². The molecule has 19 heavy (non-hydrogen) atoms. The fourth-order valence-corrected chi connectivity index (χ4v) is 3.82.